The monoisotopic (exact) mass is 350 g/mol. The van der Waals surface area contributed by atoms with Crippen LogP contribution < -0.4 is 9.62 Å². The summed E-state index contributed by atoms with van der Waals surface area (Å²) < 4.78 is 63.4. The van der Waals surface area contributed by atoms with Crippen molar-refractivity contribution in [3.05, 3.63) is 42.5 Å². The number of anilines is 1. The Kier molecular flexibility index (Phi) is 6.20. The Hall–Kier alpha value is -2.03. The fourth-order valence-electron chi connectivity index (χ4n) is 1.87. The number of hydrogen-bond donors (Lipinski definition) is 1. The maximum absolute atomic E-state index is 13.1. The molecule has 1 aromatic rings. The molecule has 23 heavy (non-hydrogen) atoms. The van der Waals surface area contributed by atoms with Crippen molar-refractivity contribution in [1.29, 1.82) is 0 Å². The molecule has 0 bridgehead atoms. The third-order valence-electron chi connectivity index (χ3n) is 2.86. The number of halogens is 3. The molecule has 0 aliphatic heterocycles. The molecule has 1 rings (SSSR count). The van der Waals surface area contributed by atoms with Crippen LogP contribution in [0.15, 0.2) is 36.9 Å². The first-order valence-corrected chi connectivity index (χ1v) is 8.43. The lowest BCUT2D eigenvalue weighted by Crippen LogP contribution is -2.35. The first-order chi connectivity index (χ1) is 10.6. The predicted octanol–water partition coefficient (Wildman–Crippen LogP) is 2.16. The molecule has 0 saturated heterocycles. The molecule has 1 aromatic carbocycles. The highest BCUT2D eigenvalue weighted by atomic mass is 32.2. The lowest BCUT2D eigenvalue weighted by atomic mass is 10.1. The van der Waals surface area contributed by atoms with E-state index < -0.39 is 39.9 Å². The third-order valence-corrected chi connectivity index (χ3v) is 4.04. The van der Waals surface area contributed by atoms with Crippen molar-refractivity contribution in [3.63, 3.8) is 0 Å². The van der Waals surface area contributed by atoms with Crippen molar-refractivity contribution < 1.29 is 26.4 Å². The van der Waals surface area contributed by atoms with E-state index in [1.165, 1.54) is 18.2 Å². The van der Waals surface area contributed by atoms with Gasteiger partial charge in [0.1, 0.15) is 0 Å². The van der Waals surface area contributed by atoms with Crippen molar-refractivity contribution in [2.75, 3.05) is 23.7 Å². The number of amides is 1. The summed E-state index contributed by atoms with van der Waals surface area (Å²) in [6.07, 6.45) is -2.75. The Balaban J connectivity index is 3.11. The fraction of sp³-hybridized carbons (Fsp3) is 0.357. The molecule has 0 atom stereocenters. The Morgan fingerprint density at radius 2 is 1.96 bits per heavy atom. The average molecular weight is 350 g/mol. The van der Waals surface area contributed by atoms with Crippen molar-refractivity contribution in [2.45, 2.75) is 12.6 Å². The lowest BCUT2D eigenvalue weighted by molar-refractivity contribution is -0.137. The van der Waals surface area contributed by atoms with E-state index in [2.05, 4.69) is 11.9 Å². The largest absolute Gasteiger partial charge is 0.418 e. The highest BCUT2D eigenvalue weighted by molar-refractivity contribution is 7.92. The smallest absolute Gasteiger partial charge is 0.353 e. The van der Waals surface area contributed by atoms with E-state index in [1.54, 1.807) is 0 Å². The zero-order valence-corrected chi connectivity index (χ0v) is 13.2. The molecule has 0 aliphatic rings. The van der Waals surface area contributed by atoms with Gasteiger partial charge in [0.25, 0.3) is 0 Å². The Bertz CT molecular complexity index is 672. The summed E-state index contributed by atoms with van der Waals surface area (Å²) in [7, 11) is -3.98. The van der Waals surface area contributed by atoms with Gasteiger partial charge < -0.3 is 5.32 Å². The summed E-state index contributed by atoms with van der Waals surface area (Å²) in [5.74, 6) is -0.483. The molecule has 1 amide bonds. The average Bonchev–Trinajstić information content (AvgIpc) is 2.43. The van der Waals surface area contributed by atoms with Gasteiger partial charge in [-0.3, -0.25) is 9.10 Å². The van der Waals surface area contributed by atoms with Gasteiger partial charge in [0, 0.05) is 19.5 Å². The van der Waals surface area contributed by atoms with Gasteiger partial charge in [-0.15, -0.1) is 6.58 Å². The van der Waals surface area contributed by atoms with Crippen LogP contribution in [0, 0.1) is 0 Å². The molecule has 0 heterocycles. The zero-order chi connectivity index (χ0) is 17.7. The van der Waals surface area contributed by atoms with E-state index in [4.69, 9.17) is 0 Å². The Labute approximate surface area is 132 Å². The highest BCUT2D eigenvalue weighted by Gasteiger charge is 2.36. The number of carbonyl (C=O) groups is 1. The van der Waals surface area contributed by atoms with Crippen LogP contribution in [-0.4, -0.2) is 33.7 Å². The van der Waals surface area contributed by atoms with E-state index in [-0.39, 0.29) is 13.0 Å². The molecular weight excluding hydrogens is 333 g/mol. The first kappa shape index (κ1) is 19.0. The van der Waals surface area contributed by atoms with Crippen molar-refractivity contribution in [2.24, 2.45) is 0 Å². The molecule has 0 spiro atoms. The van der Waals surface area contributed by atoms with Crippen LogP contribution in [0.4, 0.5) is 18.9 Å². The van der Waals surface area contributed by atoms with Crippen molar-refractivity contribution >= 4 is 21.6 Å². The van der Waals surface area contributed by atoms with Gasteiger partial charge in [0.05, 0.1) is 17.5 Å². The molecule has 0 fully saturated rings. The zero-order valence-electron chi connectivity index (χ0n) is 12.4. The maximum Gasteiger partial charge on any atom is 0.418 e. The quantitative estimate of drug-likeness (QED) is 0.767. The van der Waals surface area contributed by atoms with Crippen LogP contribution in [0.2, 0.25) is 0 Å². The predicted molar refractivity (Wildman–Crippen MR) is 81.5 cm³/mol. The number of benzene rings is 1. The van der Waals surface area contributed by atoms with Crippen molar-refractivity contribution in [3.8, 4) is 0 Å². The summed E-state index contributed by atoms with van der Waals surface area (Å²) in [6.45, 7) is 3.20. The van der Waals surface area contributed by atoms with Crippen LogP contribution >= 0.6 is 0 Å². The number of sulfonamides is 1. The Morgan fingerprint density at radius 3 is 2.48 bits per heavy atom. The minimum Gasteiger partial charge on any atom is -0.353 e. The van der Waals surface area contributed by atoms with E-state index in [9.17, 15) is 26.4 Å². The van der Waals surface area contributed by atoms with Crippen LogP contribution in [0.1, 0.15) is 12.0 Å². The molecule has 5 nitrogen and oxygen atoms in total. The van der Waals surface area contributed by atoms with Gasteiger partial charge in [0.15, 0.2) is 0 Å². The second-order valence-corrected chi connectivity index (χ2v) is 6.60. The van der Waals surface area contributed by atoms with Crippen LogP contribution in [0.25, 0.3) is 0 Å². The minimum absolute atomic E-state index is 0.191. The summed E-state index contributed by atoms with van der Waals surface area (Å²) in [5, 5.41) is 2.43. The van der Waals surface area contributed by atoms with Gasteiger partial charge in [-0.25, -0.2) is 8.42 Å². The second-order valence-electron chi connectivity index (χ2n) is 4.69. The topological polar surface area (TPSA) is 66.5 Å². The fourth-order valence-corrected chi connectivity index (χ4v) is 2.81. The van der Waals surface area contributed by atoms with Gasteiger partial charge in [-0.05, 0) is 12.1 Å². The number of alkyl halides is 3. The highest BCUT2D eigenvalue weighted by Crippen LogP contribution is 2.37. The van der Waals surface area contributed by atoms with Gasteiger partial charge in [-0.2, -0.15) is 13.2 Å². The third kappa shape index (κ3) is 5.59. The molecule has 9 heteroatoms. The minimum atomic E-state index is -4.70. The van der Waals surface area contributed by atoms with E-state index in [0.717, 1.165) is 18.4 Å². The lowest BCUT2D eigenvalue weighted by Gasteiger charge is -2.25. The van der Waals surface area contributed by atoms with Gasteiger partial charge in [-0.1, -0.05) is 18.2 Å². The normalized spacial score (nSPS) is 11.8. The molecule has 1 N–H and O–H groups in total. The van der Waals surface area contributed by atoms with Crippen molar-refractivity contribution in [1.82, 2.24) is 5.32 Å². The van der Waals surface area contributed by atoms with Crippen LogP contribution in [0.3, 0.4) is 0 Å². The second kappa shape index (κ2) is 7.49. The Morgan fingerprint density at radius 1 is 1.35 bits per heavy atom. The number of rotatable bonds is 7. The molecule has 0 radical (unpaired) electrons. The van der Waals surface area contributed by atoms with Gasteiger partial charge in [0.2, 0.25) is 15.9 Å². The van der Waals surface area contributed by atoms with E-state index >= 15 is 0 Å². The van der Waals surface area contributed by atoms with Crippen LogP contribution in [0.5, 0.6) is 0 Å². The number of nitrogens with zero attached hydrogens (tertiary/aromatic N) is 1. The molecule has 0 saturated carbocycles. The van der Waals surface area contributed by atoms with E-state index in [1.807, 2.05) is 0 Å². The number of hydrogen-bond acceptors (Lipinski definition) is 3. The summed E-state index contributed by atoms with van der Waals surface area (Å²) in [6, 6.07) is 4.33. The molecular formula is C14H17F3N2O3S. The summed E-state index contributed by atoms with van der Waals surface area (Å²) in [5.41, 5.74) is -1.57. The standard InChI is InChI=1S/C14H17F3N2O3S/c1-3-9-18-13(20)8-10-19(23(2,21)22)12-7-5-4-6-11(12)14(15,16)17/h3-7H,1,8-10H2,2H3,(H,18,20). The van der Waals surface area contributed by atoms with E-state index in [0.29, 0.717) is 4.31 Å². The molecule has 0 aliphatic carbocycles. The number of nitrogens with one attached hydrogen (secondary N) is 1. The molecule has 0 unspecified atom stereocenters. The number of carbonyl (C=O) groups excluding carboxylic acids is 1. The molecule has 0 aromatic heterocycles. The maximum atomic E-state index is 13.1. The molecule has 128 valence electrons. The van der Waals surface area contributed by atoms with Crippen LogP contribution in [-0.2, 0) is 21.0 Å². The van der Waals surface area contributed by atoms with Gasteiger partial charge >= 0.3 is 6.18 Å². The number of para-hydroxylation sites is 1. The SMILES string of the molecule is C=CCNC(=O)CCN(c1ccccc1C(F)(F)F)S(C)(=O)=O. The summed E-state index contributed by atoms with van der Waals surface area (Å²) in [4.78, 5) is 11.5. The summed E-state index contributed by atoms with van der Waals surface area (Å²) >= 11 is 0. The first-order valence-electron chi connectivity index (χ1n) is 6.59.